The van der Waals surface area contributed by atoms with Crippen LogP contribution in [0.3, 0.4) is 0 Å². The second-order valence-corrected chi connectivity index (χ2v) is 6.30. The summed E-state index contributed by atoms with van der Waals surface area (Å²) in [6, 6.07) is -0.185. The van der Waals surface area contributed by atoms with E-state index in [0.717, 1.165) is 25.8 Å². The number of rotatable bonds is 7. The Morgan fingerprint density at radius 1 is 1.08 bits per heavy atom. The van der Waals surface area contributed by atoms with Crippen LogP contribution in [0.25, 0.3) is 0 Å². The van der Waals surface area contributed by atoms with Gasteiger partial charge in [0.25, 0.3) is 0 Å². The third-order valence-corrected chi connectivity index (χ3v) is 4.61. The molecule has 2 amide bonds. The molecule has 2 aliphatic heterocycles. The van der Waals surface area contributed by atoms with E-state index in [1.807, 2.05) is 9.80 Å². The Morgan fingerprint density at radius 3 is 2.38 bits per heavy atom. The summed E-state index contributed by atoms with van der Waals surface area (Å²) < 4.78 is 5.33. The van der Waals surface area contributed by atoms with Gasteiger partial charge < -0.3 is 14.5 Å². The van der Waals surface area contributed by atoms with Gasteiger partial charge in [-0.2, -0.15) is 0 Å². The zero-order valence-corrected chi connectivity index (χ0v) is 14.5. The first-order valence-corrected chi connectivity index (χ1v) is 8.77. The van der Waals surface area contributed by atoms with Crippen LogP contribution in [0.4, 0.5) is 0 Å². The minimum atomic E-state index is -0.185. The predicted octanol–water partition coefficient (Wildman–Crippen LogP) is 0.900. The monoisotopic (exact) mass is 335 g/mol. The summed E-state index contributed by atoms with van der Waals surface area (Å²) in [5.41, 5.74) is 0. The fraction of sp³-hybridized carbons (Fsp3) is 0.667. The topological polar surface area (TPSA) is 53.1 Å². The molecule has 0 spiro atoms. The molecule has 0 saturated carbocycles. The summed E-state index contributed by atoms with van der Waals surface area (Å²) in [4.78, 5) is 31.1. The van der Waals surface area contributed by atoms with Crippen LogP contribution in [-0.4, -0.2) is 85.0 Å². The number of carbonyl (C=O) groups is 2. The van der Waals surface area contributed by atoms with E-state index in [2.05, 4.69) is 13.2 Å². The zero-order valence-electron chi connectivity index (χ0n) is 14.5. The van der Waals surface area contributed by atoms with Crippen LogP contribution < -0.4 is 0 Å². The Labute approximate surface area is 144 Å². The fourth-order valence-electron chi connectivity index (χ4n) is 3.32. The Morgan fingerprint density at radius 2 is 1.75 bits per heavy atom. The summed E-state index contributed by atoms with van der Waals surface area (Å²) in [5, 5.41) is 0. The van der Waals surface area contributed by atoms with Crippen LogP contribution in [-0.2, 0) is 14.3 Å². The van der Waals surface area contributed by atoms with Crippen LogP contribution in [0.5, 0.6) is 0 Å². The predicted molar refractivity (Wildman–Crippen MR) is 93.6 cm³/mol. The number of carbonyl (C=O) groups excluding carboxylic acids is 2. The molecule has 0 unspecified atom stereocenters. The number of hydrogen-bond donors (Lipinski definition) is 0. The first kappa shape index (κ1) is 18.7. The number of hydrogen-bond acceptors (Lipinski definition) is 4. The Balaban J connectivity index is 1.99. The lowest BCUT2D eigenvalue weighted by Gasteiger charge is -2.39. The van der Waals surface area contributed by atoms with Crippen molar-refractivity contribution in [3.05, 3.63) is 25.3 Å². The van der Waals surface area contributed by atoms with E-state index in [1.54, 1.807) is 17.1 Å². The molecular formula is C18H29N3O3. The number of likely N-dealkylation sites (tertiary alicyclic amines) is 1. The molecule has 2 aliphatic rings. The molecule has 0 radical (unpaired) electrons. The van der Waals surface area contributed by atoms with E-state index in [4.69, 9.17) is 4.74 Å². The number of morpholine rings is 1. The molecule has 134 valence electrons. The lowest BCUT2D eigenvalue weighted by Crippen LogP contribution is -2.55. The summed E-state index contributed by atoms with van der Waals surface area (Å²) in [7, 11) is 0. The van der Waals surface area contributed by atoms with E-state index in [-0.39, 0.29) is 24.4 Å². The van der Waals surface area contributed by atoms with E-state index in [9.17, 15) is 9.59 Å². The summed E-state index contributed by atoms with van der Waals surface area (Å²) in [5.74, 6) is 0.168. The minimum absolute atomic E-state index is 0.0245. The SMILES string of the molecule is C=CCN(CC=C)C(=O)CN1CCCC[C@H]1C(=O)N1CCOCC1. The van der Waals surface area contributed by atoms with Crippen molar-refractivity contribution < 1.29 is 14.3 Å². The van der Waals surface area contributed by atoms with Gasteiger partial charge in [-0.3, -0.25) is 14.5 Å². The Kier molecular flexibility index (Phi) is 7.46. The molecule has 1 atom stereocenters. The molecule has 24 heavy (non-hydrogen) atoms. The fourth-order valence-corrected chi connectivity index (χ4v) is 3.32. The van der Waals surface area contributed by atoms with Crippen molar-refractivity contribution in [1.29, 1.82) is 0 Å². The van der Waals surface area contributed by atoms with Gasteiger partial charge in [0, 0.05) is 26.2 Å². The summed E-state index contributed by atoms with van der Waals surface area (Å²) in [6.07, 6.45) is 6.33. The molecular weight excluding hydrogens is 306 g/mol. The molecule has 6 heteroatoms. The van der Waals surface area contributed by atoms with Gasteiger partial charge in [-0.1, -0.05) is 18.6 Å². The zero-order chi connectivity index (χ0) is 17.4. The molecule has 0 aromatic heterocycles. The van der Waals surface area contributed by atoms with Crippen LogP contribution in [0.15, 0.2) is 25.3 Å². The molecule has 0 bridgehead atoms. The van der Waals surface area contributed by atoms with Gasteiger partial charge in [0.1, 0.15) is 0 Å². The molecule has 2 heterocycles. The van der Waals surface area contributed by atoms with Gasteiger partial charge in [0.2, 0.25) is 11.8 Å². The van der Waals surface area contributed by atoms with Gasteiger partial charge in [0.15, 0.2) is 0 Å². The van der Waals surface area contributed by atoms with E-state index >= 15 is 0 Å². The van der Waals surface area contributed by atoms with Crippen molar-refractivity contribution in [3.8, 4) is 0 Å². The lowest BCUT2D eigenvalue weighted by atomic mass is 10.0. The van der Waals surface area contributed by atoms with Gasteiger partial charge in [-0.25, -0.2) is 0 Å². The standard InChI is InChI=1S/C18H29N3O3/c1-3-8-19(9-4-2)17(22)15-21-10-6-5-7-16(21)18(23)20-11-13-24-14-12-20/h3-4,16H,1-2,5-15H2/t16-/m0/s1. The van der Waals surface area contributed by atoms with Crippen molar-refractivity contribution in [2.45, 2.75) is 25.3 Å². The number of piperidine rings is 1. The van der Waals surface area contributed by atoms with Gasteiger partial charge in [-0.05, 0) is 19.4 Å². The maximum absolute atomic E-state index is 12.8. The van der Waals surface area contributed by atoms with Gasteiger partial charge in [-0.15, -0.1) is 13.2 Å². The average molecular weight is 335 g/mol. The first-order valence-electron chi connectivity index (χ1n) is 8.77. The van der Waals surface area contributed by atoms with Crippen LogP contribution in [0.1, 0.15) is 19.3 Å². The second kappa shape index (κ2) is 9.59. The highest BCUT2D eigenvalue weighted by molar-refractivity contribution is 5.84. The maximum atomic E-state index is 12.8. The van der Waals surface area contributed by atoms with Crippen molar-refractivity contribution >= 4 is 11.8 Å². The molecule has 0 aromatic rings. The Bertz CT molecular complexity index is 450. The van der Waals surface area contributed by atoms with E-state index in [1.165, 1.54) is 0 Å². The molecule has 2 fully saturated rings. The summed E-state index contributed by atoms with van der Waals surface area (Å²) >= 11 is 0. The van der Waals surface area contributed by atoms with Crippen molar-refractivity contribution in [2.75, 3.05) is 52.5 Å². The number of nitrogens with zero attached hydrogens (tertiary/aromatic N) is 3. The van der Waals surface area contributed by atoms with E-state index in [0.29, 0.717) is 39.4 Å². The highest BCUT2D eigenvalue weighted by Crippen LogP contribution is 2.19. The highest BCUT2D eigenvalue weighted by Gasteiger charge is 2.34. The summed E-state index contributed by atoms with van der Waals surface area (Å²) in [6.45, 7) is 12.0. The first-order chi connectivity index (χ1) is 11.7. The molecule has 6 nitrogen and oxygen atoms in total. The van der Waals surface area contributed by atoms with Crippen LogP contribution in [0.2, 0.25) is 0 Å². The molecule has 0 N–H and O–H groups in total. The number of amides is 2. The average Bonchev–Trinajstić information content (AvgIpc) is 2.62. The normalized spacial score (nSPS) is 22.0. The smallest absolute Gasteiger partial charge is 0.240 e. The largest absolute Gasteiger partial charge is 0.378 e. The second-order valence-electron chi connectivity index (χ2n) is 6.30. The van der Waals surface area contributed by atoms with Crippen molar-refractivity contribution in [3.63, 3.8) is 0 Å². The maximum Gasteiger partial charge on any atom is 0.240 e. The van der Waals surface area contributed by atoms with Gasteiger partial charge in [0.05, 0.1) is 25.8 Å². The molecule has 0 aromatic carbocycles. The van der Waals surface area contributed by atoms with Crippen molar-refractivity contribution in [1.82, 2.24) is 14.7 Å². The van der Waals surface area contributed by atoms with Gasteiger partial charge >= 0.3 is 0 Å². The highest BCUT2D eigenvalue weighted by atomic mass is 16.5. The third-order valence-electron chi connectivity index (χ3n) is 4.61. The third kappa shape index (κ3) is 4.92. The lowest BCUT2D eigenvalue weighted by molar-refractivity contribution is -0.144. The van der Waals surface area contributed by atoms with Crippen molar-refractivity contribution in [2.24, 2.45) is 0 Å². The molecule has 2 saturated heterocycles. The Hall–Kier alpha value is -1.66. The quantitative estimate of drug-likeness (QED) is 0.649. The van der Waals surface area contributed by atoms with E-state index < -0.39 is 0 Å². The number of ether oxygens (including phenoxy) is 1. The molecule has 2 rings (SSSR count). The van der Waals surface area contributed by atoms with Crippen LogP contribution >= 0.6 is 0 Å². The van der Waals surface area contributed by atoms with Crippen LogP contribution in [0, 0.1) is 0 Å². The molecule has 0 aliphatic carbocycles. The minimum Gasteiger partial charge on any atom is -0.378 e.